The Morgan fingerprint density at radius 1 is 1.29 bits per heavy atom. The van der Waals surface area contributed by atoms with E-state index in [1.807, 2.05) is 36.4 Å². The first-order valence-electron chi connectivity index (χ1n) is 6.40. The molecule has 4 rings (SSSR count). The van der Waals surface area contributed by atoms with E-state index in [1.54, 1.807) is 0 Å². The van der Waals surface area contributed by atoms with Crippen molar-refractivity contribution in [2.45, 2.75) is 6.92 Å². The largest absolute Gasteiger partial charge is 0.454 e. The topological polar surface area (TPSA) is 56.2 Å². The maximum atomic E-state index is 11.8. The molecular weight excluding hydrogens is 334 g/mol. The number of benzene rings is 2. The Balaban J connectivity index is 2.08. The lowest BCUT2D eigenvalue weighted by Crippen LogP contribution is -2.07. The minimum absolute atomic E-state index is 0.147. The number of hydrogen-bond donors (Lipinski definition) is 1. The van der Waals surface area contributed by atoms with E-state index in [4.69, 9.17) is 4.74 Å². The van der Waals surface area contributed by atoms with Gasteiger partial charge in [0.15, 0.2) is 11.6 Å². The van der Waals surface area contributed by atoms with Crippen LogP contribution in [-0.4, -0.2) is 15.7 Å². The van der Waals surface area contributed by atoms with Gasteiger partial charge >= 0.3 is 0 Å². The number of halogens is 1. The van der Waals surface area contributed by atoms with Gasteiger partial charge in [0, 0.05) is 11.4 Å². The molecule has 0 aliphatic carbocycles. The van der Waals surface area contributed by atoms with Crippen LogP contribution >= 0.6 is 15.9 Å². The number of para-hydroxylation sites is 2. The van der Waals surface area contributed by atoms with Gasteiger partial charge in [0.05, 0.1) is 16.6 Å². The number of aromatic nitrogens is 2. The van der Waals surface area contributed by atoms with Gasteiger partial charge in [0.1, 0.15) is 5.75 Å². The number of carbonyl (C=O) groups excluding carboxylic acids is 1. The second-order valence-electron chi connectivity index (χ2n) is 4.80. The van der Waals surface area contributed by atoms with Gasteiger partial charge in [-0.15, -0.1) is 5.10 Å². The molecule has 1 aliphatic heterocycles. The lowest BCUT2D eigenvalue weighted by Gasteiger charge is -2.09. The minimum Gasteiger partial charge on any atom is -0.454 e. The number of rotatable bonds is 0. The predicted molar refractivity (Wildman–Crippen MR) is 83.5 cm³/mol. The summed E-state index contributed by atoms with van der Waals surface area (Å²) in [5.74, 6) is 1.86. The van der Waals surface area contributed by atoms with Gasteiger partial charge in [-0.3, -0.25) is 4.79 Å². The molecule has 0 fully saturated rings. The van der Waals surface area contributed by atoms with Crippen molar-refractivity contribution in [2.24, 2.45) is 0 Å². The summed E-state index contributed by atoms with van der Waals surface area (Å²) in [7, 11) is 0. The molecule has 21 heavy (non-hydrogen) atoms. The third-order valence-electron chi connectivity index (χ3n) is 3.37. The highest BCUT2D eigenvalue weighted by Gasteiger charge is 2.23. The lowest BCUT2D eigenvalue weighted by molar-refractivity contribution is 0.0927. The molecular formula is C15H10BrN3O2. The van der Waals surface area contributed by atoms with Crippen molar-refractivity contribution in [3.8, 4) is 11.5 Å². The highest BCUT2D eigenvalue weighted by Crippen LogP contribution is 2.43. The Morgan fingerprint density at radius 3 is 2.90 bits per heavy atom. The molecule has 3 aromatic rings. The van der Waals surface area contributed by atoms with Crippen molar-refractivity contribution in [1.82, 2.24) is 9.78 Å². The van der Waals surface area contributed by atoms with E-state index in [0.29, 0.717) is 17.1 Å². The van der Waals surface area contributed by atoms with Crippen LogP contribution in [0.3, 0.4) is 0 Å². The van der Waals surface area contributed by atoms with Crippen molar-refractivity contribution >= 4 is 44.2 Å². The fourth-order valence-corrected chi connectivity index (χ4v) is 2.91. The van der Waals surface area contributed by atoms with Gasteiger partial charge in [-0.2, -0.15) is 4.68 Å². The van der Waals surface area contributed by atoms with Crippen molar-refractivity contribution in [2.75, 3.05) is 5.32 Å². The molecule has 0 saturated carbocycles. The molecule has 5 nitrogen and oxygen atoms in total. The zero-order chi connectivity index (χ0) is 14.6. The van der Waals surface area contributed by atoms with Crippen molar-refractivity contribution in [1.29, 1.82) is 0 Å². The first-order chi connectivity index (χ1) is 10.1. The average Bonchev–Trinajstić information content (AvgIpc) is 2.71. The van der Waals surface area contributed by atoms with Gasteiger partial charge in [-0.05, 0) is 24.3 Å². The van der Waals surface area contributed by atoms with E-state index in [9.17, 15) is 4.79 Å². The summed E-state index contributed by atoms with van der Waals surface area (Å²) >= 11 is 3.45. The van der Waals surface area contributed by atoms with Crippen LogP contribution in [0.1, 0.15) is 11.7 Å². The standard InChI is InChI=1S/C15H10BrN3O2/c1-8(20)19-11-6-9(16)7-13-14(11)15(18-19)17-10-4-2-3-5-12(10)21-13/h2-7H,1H3,(H,17,18). The van der Waals surface area contributed by atoms with Crippen LogP contribution in [-0.2, 0) is 0 Å². The Hall–Kier alpha value is -2.34. The molecule has 0 spiro atoms. The number of nitrogens with one attached hydrogen (secondary N) is 1. The minimum atomic E-state index is -0.147. The van der Waals surface area contributed by atoms with E-state index >= 15 is 0 Å². The van der Waals surface area contributed by atoms with E-state index < -0.39 is 0 Å². The number of fused-ring (bicyclic) bond motifs is 1. The molecule has 0 unspecified atom stereocenters. The van der Waals surface area contributed by atoms with Crippen LogP contribution in [0.15, 0.2) is 40.9 Å². The SMILES string of the molecule is CC(=O)n1nc2c3c(cc(Br)cc31)Oc1ccccc1N2. The normalized spacial score (nSPS) is 12.3. The first kappa shape index (κ1) is 12.4. The number of ether oxygens (including phenoxy) is 1. The van der Waals surface area contributed by atoms with Gasteiger partial charge < -0.3 is 10.1 Å². The molecule has 1 aliphatic rings. The molecule has 104 valence electrons. The maximum absolute atomic E-state index is 11.8. The molecule has 0 bridgehead atoms. The molecule has 0 saturated heterocycles. The first-order valence-corrected chi connectivity index (χ1v) is 7.20. The Morgan fingerprint density at radius 2 is 2.10 bits per heavy atom. The third kappa shape index (κ3) is 1.83. The van der Waals surface area contributed by atoms with E-state index in [0.717, 1.165) is 21.3 Å². The molecule has 0 atom stereocenters. The second-order valence-corrected chi connectivity index (χ2v) is 5.72. The summed E-state index contributed by atoms with van der Waals surface area (Å²) in [6.07, 6.45) is 0. The Labute approximate surface area is 128 Å². The van der Waals surface area contributed by atoms with E-state index in [1.165, 1.54) is 11.6 Å². The van der Waals surface area contributed by atoms with Crippen LogP contribution < -0.4 is 10.1 Å². The van der Waals surface area contributed by atoms with Crippen molar-refractivity contribution in [3.05, 3.63) is 40.9 Å². The number of hydrogen-bond acceptors (Lipinski definition) is 4. The monoisotopic (exact) mass is 343 g/mol. The number of anilines is 2. The molecule has 1 N–H and O–H groups in total. The summed E-state index contributed by atoms with van der Waals surface area (Å²) in [6, 6.07) is 11.4. The summed E-state index contributed by atoms with van der Waals surface area (Å²) in [6.45, 7) is 1.48. The van der Waals surface area contributed by atoms with E-state index in [2.05, 4.69) is 26.3 Å². The number of carbonyl (C=O) groups is 1. The molecule has 6 heteroatoms. The zero-order valence-electron chi connectivity index (χ0n) is 11.1. The highest BCUT2D eigenvalue weighted by molar-refractivity contribution is 9.10. The molecule has 1 aromatic heterocycles. The Kier molecular flexibility index (Phi) is 2.56. The zero-order valence-corrected chi connectivity index (χ0v) is 12.6. The second kappa shape index (κ2) is 4.33. The predicted octanol–water partition coefficient (Wildman–Crippen LogP) is 4.31. The van der Waals surface area contributed by atoms with Crippen LogP contribution in [0, 0.1) is 0 Å². The van der Waals surface area contributed by atoms with Crippen LogP contribution in [0.2, 0.25) is 0 Å². The lowest BCUT2D eigenvalue weighted by atomic mass is 10.2. The molecule has 0 radical (unpaired) electrons. The summed E-state index contributed by atoms with van der Waals surface area (Å²) < 4.78 is 8.20. The van der Waals surface area contributed by atoms with Gasteiger partial charge in [0.25, 0.3) is 0 Å². The molecule has 0 amide bonds. The van der Waals surface area contributed by atoms with Crippen molar-refractivity contribution < 1.29 is 9.53 Å². The highest BCUT2D eigenvalue weighted by atomic mass is 79.9. The smallest absolute Gasteiger partial charge is 0.244 e. The summed E-state index contributed by atoms with van der Waals surface area (Å²) in [5.41, 5.74) is 1.53. The fraction of sp³-hybridized carbons (Fsp3) is 0.0667. The third-order valence-corrected chi connectivity index (χ3v) is 3.83. The average molecular weight is 344 g/mol. The maximum Gasteiger partial charge on any atom is 0.244 e. The van der Waals surface area contributed by atoms with E-state index in [-0.39, 0.29) is 5.91 Å². The fourth-order valence-electron chi connectivity index (χ4n) is 2.49. The van der Waals surface area contributed by atoms with Crippen LogP contribution in [0.4, 0.5) is 11.5 Å². The molecule has 2 aromatic carbocycles. The Bertz CT molecular complexity index is 901. The van der Waals surface area contributed by atoms with Gasteiger partial charge in [-0.25, -0.2) is 0 Å². The van der Waals surface area contributed by atoms with Crippen LogP contribution in [0.25, 0.3) is 10.9 Å². The number of nitrogens with zero attached hydrogens (tertiary/aromatic N) is 2. The summed E-state index contributed by atoms with van der Waals surface area (Å²) in [5, 5.41) is 8.41. The summed E-state index contributed by atoms with van der Waals surface area (Å²) in [4.78, 5) is 11.8. The molecule has 2 heterocycles. The van der Waals surface area contributed by atoms with Crippen molar-refractivity contribution in [3.63, 3.8) is 0 Å². The quantitative estimate of drug-likeness (QED) is 0.517. The van der Waals surface area contributed by atoms with Crippen LogP contribution in [0.5, 0.6) is 11.5 Å². The van der Waals surface area contributed by atoms with Gasteiger partial charge in [0.2, 0.25) is 5.91 Å². The van der Waals surface area contributed by atoms with Gasteiger partial charge in [-0.1, -0.05) is 28.1 Å².